The zero-order valence-corrected chi connectivity index (χ0v) is 44.4. The van der Waals surface area contributed by atoms with Crippen molar-refractivity contribution in [2.45, 2.75) is 0 Å². The van der Waals surface area contributed by atoms with Gasteiger partial charge < -0.3 is 18.6 Å². The van der Waals surface area contributed by atoms with E-state index in [4.69, 9.17) is 8.83 Å². The van der Waals surface area contributed by atoms with Crippen molar-refractivity contribution in [2.24, 2.45) is 0 Å². The van der Waals surface area contributed by atoms with Crippen LogP contribution in [0.1, 0.15) is 0 Å². The molecule has 4 heteroatoms. The van der Waals surface area contributed by atoms with Crippen LogP contribution in [0.2, 0.25) is 0 Å². The summed E-state index contributed by atoms with van der Waals surface area (Å²) in [6.07, 6.45) is 0. The van der Waals surface area contributed by atoms with Gasteiger partial charge in [0.2, 0.25) is 0 Å². The zero-order chi connectivity index (χ0) is 53.8. The lowest BCUT2D eigenvalue weighted by molar-refractivity contribution is 0.668. The molecule has 0 unspecified atom stereocenters. The van der Waals surface area contributed by atoms with Gasteiger partial charge in [0.1, 0.15) is 22.3 Å². The molecule has 0 saturated carbocycles. The van der Waals surface area contributed by atoms with Crippen molar-refractivity contribution >= 4 is 143 Å². The lowest BCUT2D eigenvalue weighted by Crippen LogP contribution is -2.11. The molecule has 17 rings (SSSR count). The lowest BCUT2D eigenvalue weighted by atomic mass is 9.84. The first-order chi connectivity index (χ1) is 40.7. The van der Waals surface area contributed by atoms with Crippen molar-refractivity contribution in [3.8, 4) is 22.3 Å². The molecule has 2 aromatic heterocycles. The van der Waals surface area contributed by atoms with Crippen LogP contribution in [0.5, 0.6) is 0 Å². The standard InChI is InChI=1S/C78H48N2O2/c1-3-21-53-45-55(39-37-49(53)17-1)75-61-43-41-58(80(68-30-14-24-52-20-6-8-26-60(52)68)70-32-16-36-74-78(70)64-28-10-12-34-72(64)82-74)48-66(61)76(56-40-38-50-18-2-4-22-54(50)46-56)62-44-42-57(47-65(62)75)79(67-29-13-23-51-19-5-7-25-59(51)67)69-31-15-35-73-77(69)63-27-9-11-33-71(63)81-73/h1-48H. The number of anilines is 6. The Bertz CT molecular complexity index is 5100. The molecule has 15 aromatic carbocycles. The van der Waals surface area contributed by atoms with Gasteiger partial charge in [0.15, 0.2) is 0 Å². The predicted molar refractivity (Wildman–Crippen MR) is 346 cm³/mol. The fraction of sp³-hybridized carbons (Fsp3) is 0. The molecular formula is C78H48N2O2. The van der Waals surface area contributed by atoms with E-state index >= 15 is 0 Å². The molecule has 17 aromatic rings. The van der Waals surface area contributed by atoms with Crippen molar-refractivity contribution in [1.29, 1.82) is 0 Å². The number of fused-ring (bicyclic) bond motifs is 12. The van der Waals surface area contributed by atoms with Crippen LogP contribution in [0.25, 0.3) is 131 Å². The molecule has 0 aliphatic carbocycles. The summed E-state index contributed by atoms with van der Waals surface area (Å²) in [6.45, 7) is 0. The van der Waals surface area contributed by atoms with Gasteiger partial charge in [0.05, 0.1) is 33.5 Å². The summed E-state index contributed by atoms with van der Waals surface area (Å²) in [7, 11) is 0. The van der Waals surface area contributed by atoms with Gasteiger partial charge in [-0.2, -0.15) is 0 Å². The SMILES string of the molecule is c1ccc2cc(-c3c4ccc(N(c5cccc6ccccc56)c5cccc6oc7ccccc7c56)cc4c(-c4ccc5ccccc5c4)c4ccc(N(c5cccc6ccccc56)c5cccc6oc7ccccc7c56)cc34)ccc2c1. The van der Waals surface area contributed by atoms with Gasteiger partial charge in [-0.25, -0.2) is 0 Å². The van der Waals surface area contributed by atoms with Gasteiger partial charge in [0, 0.05) is 32.9 Å². The molecular weight excluding hydrogens is 997 g/mol. The van der Waals surface area contributed by atoms with E-state index in [1.165, 1.54) is 32.3 Å². The first-order valence-electron chi connectivity index (χ1n) is 28.1. The highest BCUT2D eigenvalue weighted by molar-refractivity contribution is 6.25. The molecule has 82 heavy (non-hydrogen) atoms. The Morgan fingerprint density at radius 2 is 0.561 bits per heavy atom. The monoisotopic (exact) mass is 1040 g/mol. The number of furan rings is 2. The number of rotatable bonds is 8. The number of hydrogen-bond acceptors (Lipinski definition) is 4. The topological polar surface area (TPSA) is 32.8 Å². The van der Waals surface area contributed by atoms with Crippen LogP contribution in [0.4, 0.5) is 34.1 Å². The van der Waals surface area contributed by atoms with Gasteiger partial charge in [-0.05, 0) is 161 Å². The summed E-state index contributed by atoms with van der Waals surface area (Å²) >= 11 is 0. The summed E-state index contributed by atoms with van der Waals surface area (Å²) in [5.74, 6) is 0. The summed E-state index contributed by atoms with van der Waals surface area (Å²) in [5, 5.41) is 18.3. The fourth-order valence-corrected chi connectivity index (χ4v) is 13.3. The molecule has 0 bridgehead atoms. The largest absolute Gasteiger partial charge is 0.456 e. The van der Waals surface area contributed by atoms with E-state index in [1.54, 1.807) is 0 Å². The van der Waals surface area contributed by atoms with E-state index in [2.05, 4.69) is 289 Å². The van der Waals surface area contributed by atoms with Crippen molar-refractivity contribution in [3.63, 3.8) is 0 Å². The Balaban J connectivity index is 1.01. The summed E-state index contributed by atoms with van der Waals surface area (Å²) < 4.78 is 13.3. The van der Waals surface area contributed by atoms with Crippen LogP contribution in [-0.2, 0) is 0 Å². The van der Waals surface area contributed by atoms with Crippen molar-refractivity contribution in [2.75, 3.05) is 9.80 Å². The molecule has 0 fully saturated rings. The van der Waals surface area contributed by atoms with Gasteiger partial charge in [-0.1, -0.05) is 206 Å². The summed E-state index contributed by atoms with van der Waals surface area (Å²) in [5.41, 5.74) is 14.3. The average Bonchev–Trinajstić information content (AvgIpc) is 3.47. The maximum Gasteiger partial charge on any atom is 0.137 e. The van der Waals surface area contributed by atoms with Crippen molar-refractivity contribution in [1.82, 2.24) is 0 Å². The van der Waals surface area contributed by atoms with Crippen molar-refractivity contribution in [3.05, 3.63) is 291 Å². The van der Waals surface area contributed by atoms with Gasteiger partial charge in [-0.15, -0.1) is 0 Å². The van der Waals surface area contributed by atoms with Crippen LogP contribution in [0.3, 0.4) is 0 Å². The van der Waals surface area contributed by atoms with E-state index in [0.717, 1.165) is 133 Å². The highest BCUT2D eigenvalue weighted by Gasteiger charge is 2.27. The second-order valence-electron chi connectivity index (χ2n) is 21.5. The number of hydrogen-bond donors (Lipinski definition) is 0. The molecule has 0 aliphatic rings. The van der Waals surface area contributed by atoms with E-state index < -0.39 is 0 Å². The average molecular weight is 1050 g/mol. The smallest absolute Gasteiger partial charge is 0.137 e. The molecule has 2 heterocycles. The van der Waals surface area contributed by atoms with Gasteiger partial charge in [0.25, 0.3) is 0 Å². The third-order valence-electron chi connectivity index (χ3n) is 16.9. The summed E-state index contributed by atoms with van der Waals surface area (Å²) in [4.78, 5) is 4.92. The highest BCUT2D eigenvalue weighted by atomic mass is 16.3. The molecule has 0 amide bonds. The van der Waals surface area contributed by atoms with E-state index in [9.17, 15) is 0 Å². The second-order valence-corrected chi connectivity index (χ2v) is 21.5. The highest BCUT2D eigenvalue weighted by Crippen LogP contribution is 2.52. The van der Waals surface area contributed by atoms with Crippen LogP contribution >= 0.6 is 0 Å². The van der Waals surface area contributed by atoms with Crippen LogP contribution in [0, 0.1) is 0 Å². The predicted octanol–water partition coefficient (Wildman–Crippen LogP) is 22.7. The maximum absolute atomic E-state index is 6.63. The number of benzene rings is 15. The lowest BCUT2D eigenvalue weighted by Gasteiger charge is -2.29. The molecule has 382 valence electrons. The Morgan fingerprint density at radius 3 is 1.02 bits per heavy atom. The Hall–Kier alpha value is -10.9. The number of nitrogens with zero attached hydrogens (tertiary/aromatic N) is 2. The molecule has 4 nitrogen and oxygen atoms in total. The second kappa shape index (κ2) is 18.3. The van der Waals surface area contributed by atoms with Crippen LogP contribution < -0.4 is 9.80 Å². The molecule has 0 aliphatic heterocycles. The summed E-state index contributed by atoms with van der Waals surface area (Å²) in [6, 6.07) is 106. The molecule has 0 saturated heterocycles. The Morgan fingerprint density at radius 1 is 0.207 bits per heavy atom. The first kappa shape index (κ1) is 46.0. The fourth-order valence-electron chi connectivity index (χ4n) is 13.3. The minimum atomic E-state index is 0.844. The molecule has 0 atom stereocenters. The zero-order valence-electron chi connectivity index (χ0n) is 44.4. The van der Waals surface area contributed by atoms with E-state index in [-0.39, 0.29) is 0 Å². The minimum absolute atomic E-state index is 0.844. The van der Waals surface area contributed by atoms with Crippen LogP contribution in [-0.4, -0.2) is 0 Å². The normalized spacial score (nSPS) is 11.9. The van der Waals surface area contributed by atoms with Crippen LogP contribution in [0.15, 0.2) is 300 Å². The Kier molecular flexibility index (Phi) is 10.3. The number of para-hydroxylation sites is 2. The Labute approximate surface area is 472 Å². The van der Waals surface area contributed by atoms with E-state index in [1.807, 2.05) is 12.1 Å². The van der Waals surface area contributed by atoms with Gasteiger partial charge in [-0.3, -0.25) is 0 Å². The molecule has 0 radical (unpaired) electrons. The minimum Gasteiger partial charge on any atom is -0.456 e. The maximum atomic E-state index is 6.63. The molecule has 0 spiro atoms. The third kappa shape index (κ3) is 7.18. The van der Waals surface area contributed by atoms with Gasteiger partial charge >= 0.3 is 0 Å². The van der Waals surface area contributed by atoms with Crippen molar-refractivity contribution < 1.29 is 8.83 Å². The first-order valence-corrected chi connectivity index (χ1v) is 28.1. The molecule has 0 N–H and O–H groups in total. The quantitative estimate of drug-likeness (QED) is 0.142. The van der Waals surface area contributed by atoms with E-state index in [0.29, 0.717) is 0 Å². The third-order valence-corrected chi connectivity index (χ3v) is 16.9.